The van der Waals surface area contributed by atoms with Gasteiger partial charge in [0.1, 0.15) is 0 Å². The molecule has 0 aromatic heterocycles. The minimum atomic E-state index is -2.57. The van der Waals surface area contributed by atoms with Crippen LogP contribution in [0.25, 0.3) is 0 Å². The van der Waals surface area contributed by atoms with Gasteiger partial charge in [0.15, 0.2) is 0 Å². The van der Waals surface area contributed by atoms with Crippen molar-refractivity contribution in [3.05, 3.63) is 33.3 Å². The number of alkyl halides is 2. The maximum absolute atomic E-state index is 12.2. The van der Waals surface area contributed by atoms with Gasteiger partial charge in [-0.1, -0.05) is 33.6 Å². The lowest BCUT2D eigenvalue weighted by Crippen LogP contribution is -2.19. The van der Waals surface area contributed by atoms with Gasteiger partial charge in [0, 0.05) is 9.50 Å². The van der Waals surface area contributed by atoms with Crippen molar-refractivity contribution in [2.24, 2.45) is 5.73 Å². The van der Waals surface area contributed by atoms with E-state index >= 15 is 0 Å². The zero-order valence-corrected chi connectivity index (χ0v) is 8.82. The highest BCUT2D eigenvalue weighted by atomic mass is 79.9. The maximum atomic E-state index is 12.2. The summed E-state index contributed by atoms with van der Waals surface area (Å²) in [4.78, 5) is 0. The Labute approximate surface area is 88.0 Å². The zero-order chi connectivity index (χ0) is 10.0. The second kappa shape index (κ2) is 4.35. The molecule has 1 atom stereocenters. The van der Waals surface area contributed by atoms with Gasteiger partial charge < -0.3 is 5.73 Å². The number of benzene rings is 1. The van der Waals surface area contributed by atoms with E-state index in [-0.39, 0.29) is 0 Å². The Kier molecular flexibility index (Phi) is 3.64. The fourth-order valence-corrected chi connectivity index (χ4v) is 1.85. The van der Waals surface area contributed by atoms with E-state index in [0.29, 0.717) is 15.1 Å². The first kappa shape index (κ1) is 10.9. The first-order valence-electron chi connectivity index (χ1n) is 3.51. The van der Waals surface area contributed by atoms with Gasteiger partial charge in [-0.25, -0.2) is 8.78 Å². The zero-order valence-electron chi connectivity index (χ0n) is 6.48. The van der Waals surface area contributed by atoms with Crippen LogP contribution in [0.2, 0.25) is 5.02 Å². The molecule has 0 bridgehead atoms. The number of hydrogen-bond donors (Lipinski definition) is 1. The van der Waals surface area contributed by atoms with Crippen LogP contribution in [0.5, 0.6) is 0 Å². The molecule has 72 valence electrons. The standard InChI is InChI=1S/C8H7BrClF2N/c9-6-3-4(10)1-2-5(6)7(13)8(11)12/h1-3,7-8H,13H2/t7-/m0/s1. The molecule has 13 heavy (non-hydrogen) atoms. The van der Waals surface area contributed by atoms with Gasteiger partial charge in [-0.2, -0.15) is 0 Å². The molecule has 0 amide bonds. The number of nitrogens with two attached hydrogens (primary N) is 1. The Hall–Kier alpha value is -0.190. The Morgan fingerprint density at radius 1 is 1.38 bits per heavy atom. The molecule has 0 radical (unpaired) electrons. The largest absolute Gasteiger partial charge is 0.319 e. The van der Waals surface area contributed by atoms with Crippen LogP contribution in [-0.4, -0.2) is 6.43 Å². The molecule has 1 nitrogen and oxygen atoms in total. The molecule has 0 heterocycles. The maximum Gasteiger partial charge on any atom is 0.257 e. The Morgan fingerprint density at radius 2 is 2.00 bits per heavy atom. The predicted octanol–water partition coefficient (Wildman–Crippen LogP) is 3.37. The average Bonchev–Trinajstić information content (AvgIpc) is 2.03. The summed E-state index contributed by atoms with van der Waals surface area (Å²) in [6, 6.07) is 3.29. The van der Waals surface area contributed by atoms with Gasteiger partial charge in [0.05, 0.1) is 6.04 Å². The van der Waals surface area contributed by atoms with Crippen molar-refractivity contribution in [3.63, 3.8) is 0 Å². The van der Waals surface area contributed by atoms with Crippen LogP contribution >= 0.6 is 27.5 Å². The third-order valence-electron chi connectivity index (χ3n) is 1.59. The smallest absolute Gasteiger partial charge is 0.257 e. The quantitative estimate of drug-likeness (QED) is 0.876. The number of rotatable bonds is 2. The molecule has 1 aromatic rings. The summed E-state index contributed by atoms with van der Waals surface area (Å²) in [5, 5.41) is 0.483. The van der Waals surface area contributed by atoms with E-state index in [1.807, 2.05) is 0 Å². The van der Waals surface area contributed by atoms with E-state index in [4.69, 9.17) is 17.3 Å². The van der Waals surface area contributed by atoms with Crippen LogP contribution in [0.1, 0.15) is 11.6 Å². The summed E-state index contributed by atoms with van der Waals surface area (Å²) in [6.45, 7) is 0. The molecule has 0 saturated carbocycles. The molecule has 2 N–H and O–H groups in total. The highest BCUT2D eigenvalue weighted by molar-refractivity contribution is 9.10. The molecule has 0 saturated heterocycles. The molecular weight excluding hydrogens is 263 g/mol. The highest BCUT2D eigenvalue weighted by Crippen LogP contribution is 2.28. The van der Waals surface area contributed by atoms with Crippen LogP contribution < -0.4 is 5.73 Å². The monoisotopic (exact) mass is 269 g/mol. The molecule has 1 aromatic carbocycles. The summed E-state index contributed by atoms with van der Waals surface area (Å²) >= 11 is 8.76. The third-order valence-corrected chi connectivity index (χ3v) is 2.51. The van der Waals surface area contributed by atoms with Crippen molar-refractivity contribution in [3.8, 4) is 0 Å². The van der Waals surface area contributed by atoms with Gasteiger partial charge in [0.2, 0.25) is 0 Å². The van der Waals surface area contributed by atoms with Crippen molar-refractivity contribution < 1.29 is 8.78 Å². The highest BCUT2D eigenvalue weighted by Gasteiger charge is 2.19. The second-order valence-corrected chi connectivity index (χ2v) is 3.82. The minimum Gasteiger partial charge on any atom is -0.319 e. The van der Waals surface area contributed by atoms with E-state index < -0.39 is 12.5 Å². The van der Waals surface area contributed by atoms with E-state index in [2.05, 4.69) is 15.9 Å². The van der Waals surface area contributed by atoms with Crippen LogP contribution in [0.15, 0.2) is 22.7 Å². The second-order valence-electron chi connectivity index (χ2n) is 2.53. The van der Waals surface area contributed by atoms with Gasteiger partial charge in [0.25, 0.3) is 6.43 Å². The van der Waals surface area contributed by atoms with Crippen LogP contribution in [0, 0.1) is 0 Å². The molecule has 0 spiro atoms. The summed E-state index contributed by atoms with van der Waals surface area (Å²) in [5.41, 5.74) is 5.63. The normalized spacial score (nSPS) is 13.4. The lowest BCUT2D eigenvalue weighted by molar-refractivity contribution is 0.116. The molecule has 5 heteroatoms. The summed E-state index contributed by atoms with van der Waals surface area (Å²) in [6.07, 6.45) is -2.57. The molecule has 0 fully saturated rings. The van der Waals surface area contributed by atoms with E-state index in [9.17, 15) is 8.78 Å². The Balaban J connectivity index is 3.01. The molecule has 0 aliphatic carbocycles. The van der Waals surface area contributed by atoms with Crippen molar-refractivity contribution in [2.75, 3.05) is 0 Å². The van der Waals surface area contributed by atoms with Gasteiger partial charge >= 0.3 is 0 Å². The van der Waals surface area contributed by atoms with E-state index in [0.717, 1.165) is 0 Å². The average molecular weight is 271 g/mol. The first-order valence-corrected chi connectivity index (χ1v) is 4.68. The molecular formula is C8H7BrClF2N. The van der Waals surface area contributed by atoms with E-state index in [1.165, 1.54) is 12.1 Å². The van der Waals surface area contributed by atoms with Crippen LogP contribution in [0.3, 0.4) is 0 Å². The summed E-state index contributed by atoms with van der Waals surface area (Å²) in [5.74, 6) is 0. The summed E-state index contributed by atoms with van der Waals surface area (Å²) in [7, 11) is 0. The molecule has 0 aliphatic heterocycles. The van der Waals surface area contributed by atoms with Crippen molar-refractivity contribution in [1.82, 2.24) is 0 Å². The minimum absolute atomic E-state index is 0.361. The topological polar surface area (TPSA) is 26.0 Å². The van der Waals surface area contributed by atoms with E-state index in [1.54, 1.807) is 6.07 Å². The van der Waals surface area contributed by atoms with Crippen molar-refractivity contribution in [1.29, 1.82) is 0 Å². The van der Waals surface area contributed by atoms with Gasteiger partial charge in [-0.15, -0.1) is 0 Å². The van der Waals surface area contributed by atoms with Crippen molar-refractivity contribution in [2.45, 2.75) is 12.5 Å². The SMILES string of the molecule is N[C@@H](c1ccc(Cl)cc1Br)C(F)F. The fraction of sp³-hybridized carbons (Fsp3) is 0.250. The van der Waals surface area contributed by atoms with Gasteiger partial charge in [-0.3, -0.25) is 0 Å². The summed E-state index contributed by atoms with van der Waals surface area (Å²) < 4.78 is 24.9. The molecule has 0 unspecified atom stereocenters. The Morgan fingerprint density at radius 3 is 2.46 bits per heavy atom. The number of hydrogen-bond acceptors (Lipinski definition) is 1. The molecule has 0 aliphatic rings. The molecule has 1 rings (SSSR count). The first-order chi connectivity index (χ1) is 6.02. The predicted molar refractivity (Wildman–Crippen MR) is 52.1 cm³/mol. The lowest BCUT2D eigenvalue weighted by Gasteiger charge is -2.12. The van der Waals surface area contributed by atoms with Crippen molar-refractivity contribution >= 4 is 27.5 Å². The van der Waals surface area contributed by atoms with Gasteiger partial charge in [-0.05, 0) is 17.7 Å². The van der Waals surface area contributed by atoms with Crippen LogP contribution in [0.4, 0.5) is 8.78 Å². The number of halogens is 4. The third kappa shape index (κ3) is 2.62. The Bertz CT molecular complexity index is 306. The lowest BCUT2D eigenvalue weighted by atomic mass is 10.1. The van der Waals surface area contributed by atoms with Crippen LogP contribution in [-0.2, 0) is 0 Å². The fourth-order valence-electron chi connectivity index (χ4n) is 0.908.